The van der Waals surface area contributed by atoms with Crippen molar-refractivity contribution in [3.8, 4) is 0 Å². The molecule has 0 radical (unpaired) electrons. The van der Waals surface area contributed by atoms with Gasteiger partial charge in [0.15, 0.2) is 0 Å². The van der Waals surface area contributed by atoms with Crippen LogP contribution >= 0.6 is 0 Å². The van der Waals surface area contributed by atoms with Gasteiger partial charge in [0.05, 0.1) is 6.61 Å². The Bertz CT molecular complexity index is 558. The molecule has 0 heterocycles. The van der Waals surface area contributed by atoms with Crippen LogP contribution in [0, 0.1) is 27.7 Å². The quantitative estimate of drug-likeness (QED) is 0.879. The van der Waals surface area contributed by atoms with E-state index in [1.165, 1.54) is 33.4 Å². The summed E-state index contributed by atoms with van der Waals surface area (Å²) in [4.78, 5) is 0. The molecule has 1 N–H and O–H groups in total. The van der Waals surface area contributed by atoms with Gasteiger partial charge in [-0.3, -0.25) is 0 Å². The monoisotopic (exact) mass is 268 g/mol. The maximum atomic E-state index is 9.75. The maximum absolute atomic E-state index is 9.75. The second-order valence-electron chi connectivity index (χ2n) is 5.87. The van der Waals surface area contributed by atoms with Crippen LogP contribution in [-0.4, -0.2) is 11.7 Å². The van der Waals surface area contributed by atoms with Crippen molar-refractivity contribution in [2.75, 3.05) is 6.61 Å². The summed E-state index contributed by atoms with van der Waals surface area (Å²) >= 11 is 0. The van der Waals surface area contributed by atoms with Crippen LogP contribution in [0.3, 0.4) is 0 Å². The first-order valence-corrected chi connectivity index (χ1v) is 7.25. The molecular weight excluding hydrogens is 244 g/mol. The van der Waals surface area contributed by atoms with Crippen molar-refractivity contribution in [1.82, 2.24) is 0 Å². The third-order valence-corrected chi connectivity index (χ3v) is 4.06. The number of benzene rings is 2. The van der Waals surface area contributed by atoms with Crippen LogP contribution in [0.15, 0.2) is 36.4 Å². The molecule has 0 bridgehead atoms. The van der Waals surface area contributed by atoms with E-state index in [1.807, 2.05) is 0 Å². The number of rotatable bonds is 4. The number of aliphatic hydroxyl groups is 1. The number of aliphatic hydroxyl groups excluding tert-OH is 1. The fraction of sp³-hybridized carbons (Fsp3) is 0.368. The zero-order valence-corrected chi connectivity index (χ0v) is 12.9. The fourth-order valence-electron chi connectivity index (χ4n) is 2.90. The summed E-state index contributed by atoms with van der Waals surface area (Å²) in [5.74, 6) is 0.177. The van der Waals surface area contributed by atoms with Gasteiger partial charge < -0.3 is 5.11 Å². The van der Waals surface area contributed by atoms with Gasteiger partial charge in [-0.05, 0) is 56.4 Å². The largest absolute Gasteiger partial charge is 0.396 e. The molecular formula is C19H24O. The summed E-state index contributed by atoms with van der Waals surface area (Å²) in [6, 6.07) is 13.0. The van der Waals surface area contributed by atoms with E-state index in [-0.39, 0.29) is 12.5 Å². The fourth-order valence-corrected chi connectivity index (χ4v) is 2.90. The van der Waals surface area contributed by atoms with Gasteiger partial charge in [-0.25, -0.2) is 0 Å². The number of aryl methyl sites for hydroxylation is 4. The van der Waals surface area contributed by atoms with Crippen LogP contribution in [0.25, 0.3) is 0 Å². The van der Waals surface area contributed by atoms with E-state index in [9.17, 15) is 5.11 Å². The highest BCUT2D eigenvalue weighted by atomic mass is 16.3. The minimum Gasteiger partial charge on any atom is -0.396 e. The van der Waals surface area contributed by atoms with Gasteiger partial charge in [0.1, 0.15) is 0 Å². The highest BCUT2D eigenvalue weighted by Gasteiger charge is 2.14. The van der Waals surface area contributed by atoms with E-state index in [2.05, 4.69) is 64.1 Å². The Kier molecular flexibility index (Phi) is 4.61. The summed E-state index contributed by atoms with van der Waals surface area (Å²) in [6.45, 7) is 8.74. The van der Waals surface area contributed by atoms with Gasteiger partial charge in [-0.15, -0.1) is 0 Å². The SMILES string of the molecule is Cc1ccc(C(CO)Cc2c(C)cc(C)cc2C)cc1. The minimum absolute atomic E-state index is 0.177. The average Bonchev–Trinajstić information content (AvgIpc) is 2.39. The first kappa shape index (κ1) is 14.8. The summed E-state index contributed by atoms with van der Waals surface area (Å²) in [5.41, 5.74) is 7.81. The van der Waals surface area contributed by atoms with Crippen molar-refractivity contribution in [2.45, 2.75) is 40.0 Å². The molecule has 0 aliphatic carbocycles. The van der Waals surface area contributed by atoms with Gasteiger partial charge in [0.2, 0.25) is 0 Å². The van der Waals surface area contributed by atoms with Crippen molar-refractivity contribution >= 4 is 0 Å². The van der Waals surface area contributed by atoms with Gasteiger partial charge in [0, 0.05) is 5.92 Å². The van der Waals surface area contributed by atoms with Crippen molar-refractivity contribution in [2.24, 2.45) is 0 Å². The Morgan fingerprint density at radius 3 is 1.90 bits per heavy atom. The number of hydrogen-bond donors (Lipinski definition) is 1. The Labute approximate surface area is 122 Å². The molecule has 106 valence electrons. The van der Waals surface area contributed by atoms with Crippen LogP contribution in [-0.2, 0) is 6.42 Å². The third kappa shape index (κ3) is 3.29. The van der Waals surface area contributed by atoms with Gasteiger partial charge >= 0.3 is 0 Å². The molecule has 0 aliphatic heterocycles. The van der Waals surface area contributed by atoms with Crippen LogP contribution in [0.1, 0.15) is 39.3 Å². The Morgan fingerprint density at radius 2 is 1.40 bits per heavy atom. The number of hydrogen-bond acceptors (Lipinski definition) is 1. The molecule has 0 aromatic heterocycles. The van der Waals surface area contributed by atoms with Crippen LogP contribution in [0.2, 0.25) is 0 Å². The lowest BCUT2D eigenvalue weighted by molar-refractivity contribution is 0.264. The molecule has 0 saturated heterocycles. The van der Waals surface area contributed by atoms with Gasteiger partial charge in [-0.1, -0.05) is 47.5 Å². The smallest absolute Gasteiger partial charge is 0.0502 e. The van der Waals surface area contributed by atoms with Crippen LogP contribution < -0.4 is 0 Å². The van der Waals surface area contributed by atoms with Crippen LogP contribution in [0.5, 0.6) is 0 Å². The Hall–Kier alpha value is -1.60. The average molecular weight is 268 g/mol. The summed E-state index contributed by atoms with van der Waals surface area (Å²) in [6.07, 6.45) is 0.900. The first-order chi connectivity index (χ1) is 9.51. The maximum Gasteiger partial charge on any atom is 0.0502 e. The molecule has 20 heavy (non-hydrogen) atoms. The van der Waals surface area contributed by atoms with E-state index in [4.69, 9.17) is 0 Å². The molecule has 1 atom stereocenters. The lowest BCUT2D eigenvalue weighted by Gasteiger charge is -2.19. The van der Waals surface area contributed by atoms with Crippen molar-refractivity contribution in [3.05, 3.63) is 69.8 Å². The van der Waals surface area contributed by atoms with Crippen molar-refractivity contribution in [1.29, 1.82) is 0 Å². The molecule has 0 spiro atoms. The first-order valence-electron chi connectivity index (χ1n) is 7.25. The zero-order valence-electron chi connectivity index (χ0n) is 12.9. The molecule has 0 saturated carbocycles. The van der Waals surface area contributed by atoms with E-state index in [1.54, 1.807) is 0 Å². The van der Waals surface area contributed by atoms with E-state index >= 15 is 0 Å². The molecule has 1 nitrogen and oxygen atoms in total. The van der Waals surface area contributed by atoms with E-state index < -0.39 is 0 Å². The minimum atomic E-state index is 0.177. The summed E-state index contributed by atoms with van der Waals surface area (Å²) < 4.78 is 0. The Morgan fingerprint density at radius 1 is 0.850 bits per heavy atom. The zero-order chi connectivity index (χ0) is 14.7. The summed E-state index contributed by atoms with van der Waals surface area (Å²) in [7, 11) is 0. The van der Waals surface area contributed by atoms with E-state index in [0.29, 0.717) is 0 Å². The predicted molar refractivity (Wildman–Crippen MR) is 85.4 cm³/mol. The van der Waals surface area contributed by atoms with Crippen molar-refractivity contribution in [3.63, 3.8) is 0 Å². The Balaban J connectivity index is 2.29. The standard InChI is InChI=1S/C19H24O/c1-13-5-7-17(8-6-13)18(12-20)11-19-15(3)9-14(2)10-16(19)4/h5-10,18,20H,11-12H2,1-4H3. The molecule has 1 unspecified atom stereocenters. The molecule has 1 heteroatoms. The normalized spacial score (nSPS) is 12.4. The molecule has 0 amide bonds. The predicted octanol–water partition coefficient (Wildman–Crippen LogP) is 4.24. The lowest BCUT2D eigenvalue weighted by Crippen LogP contribution is -2.10. The van der Waals surface area contributed by atoms with Gasteiger partial charge in [-0.2, -0.15) is 0 Å². The van der Waals surface area contributed by atoms with Gasteiger partial charge in [0.25, 0.3) is 0 Å². The highest BCUT2D eigenvalue weighted by Crippen LogP contribution is 2.25. The van der Waals surface area contributed by atoms with E-state index in [0.717, 1.165) is 6.42 Å². The van der Waals surface area contributed by atoms with Crippen molar-refractivity contribution < 1.29 is 5.11 Å². The summed E-state index contributed by atoms with van der Waals surface area (Å²) in [5, 5.41) is 9.75. The third-order valence-electron chi connectivity index (χ3n) is 4.06. The molecule has 2 rings (SSSR count). The van der Waals surface area contributed by atoms with Crippen LogP contribution in [0.4, 0.5) is 0 Å². The second-order valence-corrected chi connectivity index (χ2v) is 5.87. The molecule has 0 fully saturated rings. The topological polar surface area (TPSA) is 20.2 Å². The second kappa shape index (κ2) is 6.23. The molecule has 0 aliphatic rings. The highest BCUT2D eigenvalue weighted by molar-refractivity contribution is 5.39. The lowest BCUT2D eigenvalue weighted by atomic mass is 9.87. The molecule has 2 aromatic carbocycles. The molecule has 2 aromatic rings.